The number of benzene rings is 1. The predicted octanol–water partition coefficient (Wildman–Crippen LogP) is 3.12. The van der Waals surface area contributed by atoms with Gasteiger partial charge in [-0.25, -0.2) is 4.79 Å². The Morgan fingerprint density at radius 2 is 2.22 bits per heavy atom. The number of carboxylic acids is 1. The maximum atomic E-state index is 11.1. The molecule has 0 bridgehead atoms. The normalized spacial score (nSPS) is 11.9. The molecule has 1 atom stereocenters. The third-order valence-electron chi connectivity index (χ3n) is 2.44. The van der Waals surface area contributed by atoms with E-state index in [4.69, 9.17) is 22.0 Å². The fourth-order valence-electron chi connectivity index (χ4n) is 1.59. The van der Waals surface area contributed by atoms with Gasteiger partial charge in [-0.3, -0.25) is 0 Å². The molecule has 0 fully saturated rings. The van der Waals surface area contributed by atoms with Gasteiger partial charge in [0.2, 0.25) is 0 Å². The number of aliphatic carboxylic acids is 1. The van der Waals surface area contributed by atoms with Crippen molar-refractivity contribution in [1.29, 1.82) is 5.26 Å². The molecule has 0 spiro atoms. The molecular formula is C13H15ClN2O2. The van der Waals surface area contributed by atoms with Crippen LogP contribution in [0.4, 0.5) is 5.69 Å². The van der Waals surface area contributed by atoms with Crippen molar-refractivity contribution in [3.05, 3.63) is 28.8 Å². The Bertz CT molecular complexity index is 480. The molecule has 0 saturated heterocycles. The van der Waals surface area contributed by atoms with Crippen molar-refractivity contribution in [2.24, 2.45) is 5.92 Å². The first kappa shape index (κ1) is 14.3. The van der Waals surface area contributed by atoms with Crippen LogP contribution in [0, 0.1) is 17.2 Å². The Balaban J connectivity index is 2.85. The van der Waals surface area contributed by atoms with Crippen molar-refractivity contribution in [3.63, 3.8) is 0 Å². The van der Waals surface area contributed by atoms with Gasteiger partial charge in [-0.2, -0.15) is 5.26 Å². The summed E-state index contributed by atoms with van der Waals surface area (Å²) in [6, 6.07) is 6.08. The van der Waals surface area contributed by atoms with E-state index in [1.54, 1.807) is 18.2 Å². The molecule has 0 heterocycles. The van der Waals surface area contributed by atoms with Gasteiger partial charge < -0.3 is 10.4 Å². The van der Waals surface area contributed by atoms with Crippen LogP contribution in [0.2, 0.25) is 5.02 Å². The minimum absolute atomic E-state index is 0.271. The van der Waals surface area contributed by atoms with E-state index in [2.05, 4.69) is 5.32 Å². The number of anilines is 1. The zero-order chi connectivity index (χ0) is 13.7. The van der Waals surface area contributed by atoms with E-state index in [0.29, 0.717) is 22.7 Å². The van der Waals surface area contributed by atoms with Gasteiger partial charge in [0, 0.05) is 5.69 Å². The Labute approximate surface area is 111 Å². The van der Waals surface area contributed by atoms with Crippen LogP contribution in [0.15, 0.2) is 18.2 Å². The third-order valence-corrected chi connectivity index (χ3v) is 2.75. The Kier molecular flexibility index (Phi) is 4.99. The second kappa shape index (κ2) is 6.27. The predicted molar refractivity (Wildman–Crippen MR) is 70.7 cm³/mol. The molecule has 1 aromatic rings. The lowest BCUT2D eigenvalue weighted by molar-refractivity contribution is -0.138. The number of carboxylic acid groups (broad SMARTS) is 1. The summed E-state index contributed by atoms with van der Waals surface area (Å²) in [5.74, 6) is -0.628. The molecule has 18 heavy (non-hydrogen) atoms. The number of rotatable bonds is 5. The van der Waals surface area contributed by atoms with E-state index < -0.39 is 12.0 Å². The van der Waals surface area contributed by atoms with E-state index in [1.165, 1.54) is 0 Å². The SMILES string of the molecule is CC(C)CC(Nc1ccc(C#N)c(Cl)c1)C(=O)O. The van der Waals surface area contributed by atoms with Crippen molar-refractivity contribution in [2.45, 2.75) is 26.3 Å². The average molecular weight is 267 g/mol. The average Bonchev–Trinajstić information content (AvgIpc) is 2.27. The maximum Gasteiger partial charge on any atom is 0.326 e. The number of hydrogen-bond donors (Lipinski definition) is 2. The molecule has 0 aliphatic rings. The van der Waals surface area contributed by atoms with E-state index in [0.717, 1.165) is 0 Å². The standard InChI is InChI=1S/C13H15ClN2O2/c1-8(2)5-12(13(17)18)16-10-4-3-9(7-15)11(14)6-10/h3-4,6,8,12,16H,5H2,1-2H3,(H,17,18). The molecule has 0 aromatic heterocycles. The quantitative estimate of drug-likeness (QED) is 0.859. The summed E-state index contributed by atoms with van der Waals surface area (Å²) in [6.45, 7) is 3.92. The summed E-state index contributed by atoms with van der Waals surface area (Å²) in [7, 11) is 0. The van der Waals surface area contributed by atoms with Gasteiger partial charge in [0.25, 0.3) is 0 Å². The molecule has 0 saturated carbocycles. The topological polar surface area (TPSA) is 73.1 Å². The molecule has 2 N–H and O–H groups in total. The van der Waals surface area contributed by atoms with Crippen LogP contribution in [0.3, 0.4) is 0 Å². The van der Waals surface area contributed by atoms with Gasteiger partial charge in [0.1, 0.15) is 12.1 Å². The Morgan fingerprint density at radius 3 is 2.67 bits per heavy atom. The van der Waals surface area contributed by atoms with Gasteiger partial charge in [0.15, 0.2) is 0 Å². The van der Waals surface area contributed by atoms with Crippen LogP contribution in [-0.4, -0.2) is 17.1 Å². The number of hydrogen-bond acceptors (Lipinski definition) is 3. The zero-order valence-corrected chi connectivity index (χ0v) is 11.0. The molecule has 5 heteroatoms. The minimum Gasteiger partial charge on any atom is -0.480 e. The van der Waals surface area contributed by atoms with E-state index in [1.807, 2.05) is 19.9 Å². The van der Waals surface area contributed by atoms with Crippen molar-refractivity contribution in [3.8, 4) is 6.07 Å². The van der Waals surface area contributed by atoms with Crippen molar-refractivity contribution >= 4 is 23.3 Å². The number of nitrogens with zero attached hydrogens (tertiary/aromatic N) is 1. The van der Waals surface area contributed by atoms with Gasteiger partial charge in [0.05, 0.1) is 10.6 Å². The lowest BCUT2D eigenvalue weighted by Gasteiger charge is -2.17. The van der Waals surface area contributed by atoms with Gasteiger partial charge in [-0.1, -0.05) is 25.4 Å². The molecule has 0 aliphatic carbocycles. The lowest BCUT2D eigenvalue weighted by atomic mass is 10.0. The highest BCUT2D eigenvalue weighted by Gasteiger charge is 2.18. The molecule has 0 amide bonds. The first-order valence-electron chi connectivity index (χ1n) is 5.63. The fraction of sp³-hybridized carbons (Fsp3) is 0.385. The van der Waals surface area contributed by atoms with Crippen LogP contribution in [0.25, 0.3) is 0 Å². The summed E-state index contributed by atoms with van der Waals surface area (Å²) < 4.78 is 0. The molecule has 0 radical (unpaired) electrons. The highest BCUT2D eigenvalue weighted by molar-refractivity contribution is 6.32. The number of halogens is 1. The monoisotopic (exact) mass is 266 g/mol. The number of nitriles is 1. The number of carbonyl (C=O) groups is 1. The van der Waals surface area contributed by atoms with Gasteiger partial charge >= 0.3 is 5.97 Å². The van der Waals surface area contributed by atoms with Crippen LogP contribution in [-0.2, 0) is 4.79 Å². The highest BCUT2D eigenvalue weighted by atomic mass is 35.5. The molecule has 1 aromatic carbocycles. The molecule has 0 aliphatic heterocycles. The fourth-order valence-corrected chi connectivity index (χ4v) is 1.81. The maximum absolute atomic E-state index is 11.1. The zero-order valence-electron chi connectivity index (χ0n) is 10.3. The van der Waals surface area contributed by atoms with E-state index in [9.17, 15) is 4.79 Å². The largest absolute Gasteiger partial charge is 0.480 e. The van der Waals surface area contributed by atoms with Crippen molar-refractivity contribution in [1.82, 2.24) is 0 Å². The van der Waals surface area contributed by atoms with Crippen LogP contribution >= 0.6 is 11.6 Å². The van der Waals surface area contributed by atoms with Crippen molar-refractivity contribution in [2.75, 3.05) is 5.32 Å². The molecule has 1 unspecified atom stereocenters. The molecule has 1 rings (SSSR count). The smallest absolute Gasteiger partial charge is 0.326 e. The second-order valence-corrected chi connectivity index (χ2v) is 4.88. The Morgan fingerprint density at radius 1 is 1.56 bits per heavy atom. The molecular weight excluding hydrogens is 252 g/mol. The molecule has 4 nitrogen and oxygen atoms in total. The number of nitrogens with one attached hydrogen (secondary N) is 1. The minimum atomic E-state index is -0.899. The summed E-state index contributed by atoms with van der Waals surface area (Å²) in [5, 5.41) is 21.1. The van der Waals surface area contributed by atoms with Gasteiger partial charge in [-0.05, 0) is 30.5 Å². The van der Waals surface area contributed by atoms with Crippen molar-refractivity contribution < 1.29 is 9.90 Å². The summed E-state index contributed by atoms with van der Waals surface area (Å²) in [6.07, 6.45) is 0.521. The van der Waals surface area contributed by atoms with Crippen LogP contribution in [0.5, 0.6) is 0 Å². The lowest BCUT2D eigenvalue weighted by Crippen LogP contribution is -2.30. The second-order valence-electron chi connectivity index (χ2n) is 4.47. The summed E-state index contributed by atoms with van der Waals surface area (Å²) in [4.78, 5) is 11.1. The molecule has 96 valence electrons. The van der Waals surface area contributed by atoms with E-state index in [-0.39, 0.29) is 5.92 Å². The first-order chi connectivity index (χ1) is 8.43. The first-order valence-corrected chi connectivity index (χ1v) is 6.00. The highest BCUT2D eigenvalue weighted by Crippen LogP contribution is 2.21. The van der Waals surface area contributed by atoms with E-state index >= 15 is 0 Å². The van der Waals surface area contributed by atoms with Gasteiger partial charge in [-0.15, -0.1) is 0 Å². The Hall–Kier alpha value is -1.73. The summed E-state index contributed by atoms with van der Waals surface area (Å²) in [5.41, 5.74) is 0.977. The summed E-state index contributed by atoms with van der Waals surface area (Å²) >= 11 is 5.89. The third kappa shape index (κ3) is 3.94. The van der Waals surface area contributed by atoms with Crippen LogP contribution < -0.4 is 5.32 Å². The van der Waals surface area contributed by atoms with Crippen LogP contribution in [0.1, 0.15) is 25.8 Å².